The standard InChI is InChI=1S/C16H19N3O2/c1-2-8-17-10-12-3-5-13(6-4-12)19-16(21)14-7-9-18-11-15(14)20/h3-7,9,11,17,20H,2,8,10H2,1H3,(H,19,21). The quantitative estimate of drug-likeness (QED) is 0.713. The first-order chi connectivity index (χ1) is 10.2. The van der Waals surface area contributed by atoms with Gasteiger partial charge in [-0.2, -0.15) is 0 Å². The second-order valence-electron chi connectivity index (χ2n) is 4.72. The van der Waals surface area contributed by atoms with Crippen molar-refractivity contribution in [2.24, 2.45) is 0 Å². The molecule has 0 saturated carbocycles. The third-order valence-electron chi connectivity index (χ3n) is 3.01. The average molecular weight is 285 g/mol. The molecule has 0 radical (unpaired) electrons. The molecule has 0 bridgehead atoms. The highest BCUT2D eigenvalue weighted by Gasteiger charge is 2.10. The number of amides is 1. The van der Waals surface area contributed by atoms with Crippen molar-refractivity contribution in [2.45, 2.75) is 19.9 Å². The predicted molar refractivity (Wildman–Crippen MR) is 82.3 cm³/mol. The highest BCUT2D eigenvalue weighted by molar-refractivity contribution is 6.05. The van der Waals surface area contributed by atoms with Crippen molar-refractivity contribution in [3.63, 3.8) is 0 Å². The Bertz CT molecular complexity index is 597. The number of aromatic nitrogens is 1. The van der Waals surface area contributed by atoms with Gasteiger partial charge < -0.3 is 15.7 Å². The van der Waals surface area contributed by atoms with Crippen LogP contribution in [0, 0.1) is 0 Å². The van der Waals surface area contributed by atoms with E-state index < -0.39 is 0 Å². The van der Waals surface area contributed by atoms with E-state index in [1.807, 2.05) is 24.3 Å². The van der Waals surface area contributed by atoms with Crippen LogP contribution < -0.4 is 10.6 Å². The van der Waals surface area contributed by atoms with Crippen LogP contribution in [0.4, 0.5) is 5.69 Å². The minimum Gasteiger partial charge on any atom is -0.505 e. The maximum absolute atomic E-state index is 12.0. The smallest absolute Gasteiger partial charge is 0.259 e. The monoisotopic (exact) mass is 285 g/mol. The lowest BCUT2D eigenvalue weighted by molar-refractivity contribution is 0.102. The summed E-state index contributed by atoms with van der Waals surface area (Å²) in [6.07, 6.45) is 3.82. The Morgan fingerprint density at radius 3 is 2.67 bits per heavy atom. The molecule has 2 aromatic rings. The van der Waals surface area contributed by atoms with Gasteiger partial charge in [-0.25, -0.2) is 0 Å². The summed E-state index contributed by atoms with van der Waals surface area (Å²) in [5.41, 5.74) is 2.06. The zero-order valence-electron chi connectivity index (χ0n) is 12.0. The van der Waals surface area contributed by atoms with Crippen molar-refractivity contribution >= 4 is 11.6 Å². The number of nitrogens with one attached hydrogen (secondary N) is 2. The van der Waals surface area contributed by atoms with Gasteiger partial charge in [-0.05, 0) is 36.7 Å². The van der Waals surface area contributed by atoms with Gasteiger partial charge in [0, 0.05) is 18.4 Å². The molecule has 0 fully saturated rings. The zero-order chi connectivity index (χ0) is 15.1. The molecule has 5 nitrogen and oxygen atoms in total. The summed E-state index contributed by atoms with van der Waals surface area (Å²) in [5, 5.41) is 15.7. The Balaban J connectivity index is 1.97. The molecule has 0 atom stereocenters. The molecule has 110 valence electrons. The predicted octanol–water partition coefficient (Wildman–Crippen LogP) is 2.54. The molecule has 0 spiro atoms. The van der Waals surface area contributed by atoms with Crippen LogP contribution in [-0.4, -0.2) is 22.5 Å². The van der Waals surface area contributed by atoms with E-state index in [4.69, 9.17) is 0 Å². The summed E-state index contributed by atoms with van der Waals surface area (Å²) < 4.78 is 0. The van der Waals surface area contributed by atoms with Crippen LogP contribution >= 0.6 is 0 Å². The maximum atomic E-state index is 12.0. The molecule has 0 aliphatic carbocycles. The van der Waals surface area contributed by atoms with E-state index in [9.17, 15) is 9.90 Å². The van der Waals surface area contributed by atoms with Crippen LogP contribution in [0.3, 0.4) is 0 Å². The van der Waals surface area contributed by atoms with Crippen LogP contribution in [0.15, 0.2) is 42.7 Å². The van der Waals surface area contributed by atoms with Gasteiger partial charge in [0.25, 0.3) is 5.91 Å². The topological polar surface area (TPSA) is 74.2 Å². The zero-order valence-corrected chi connectivity index (χ0v) is 12.0. The van der Waals surface area contributed by atoms with E-state index in [2.05, 4.69) is 22.5 Å². The minimum absolute atomic E-state index is 0.129. The van der Waals surface area contributed by atoms with E-state index in [1.54, 1.807) is 0 Å². The Hall–Kier alpha value is -2.40. The number of rotatable bonds is 6. The third kappa shape index (κ3) is 4.29. The minimum atomic E-state index is -0.355. The van der Waals surface area contributed by atoms with E-state index in [1.165, 1.54) is 18.5 Å². The number of aromatic hydroxyl groups is 1. The number of anilines is 1. The van der Waals surface area contributed by atoms with Crippen LogP contribution in [-0.2, 0) is 6.54 Å². The lowest BCUT2D eigenvalue weighted by Gasteiger charge is -2.08. The number of hydrogen-bond donors (Lipinski definition) is 3. The summed E-state index contributed by atoms with van der Waals surface area (Å²) in [4.78, 5) is 15.8. The molecule has 2 rings (SSSR count). The number of nitrogens with zero attached hydrogens (tertiary/aromatic N) is 1. The van der Waals surface area contributed by atoms with Crippen LogP contribution in [0.1, 0.15) is 29.3 Å². The lowest BCUT2D eigenvalue weighted by atomic mass is 10.2. The Labute approximate surface area is 124 Å². The van der Waals surface area contributed by atoms with Gasteiger partial charge in [0.05, 0.1) is 11.8 Å². The number of carbonyl (C=O) groups is 1. The van der Waals surface area contributed by atoms with Gasteiger partial charge in [0.1, 0.15) is 5.75 Å². The molecular formula is C16H19N3O2. The van der Waals surface area contributed by atoms with E-state index in [0.29, 0.717) is 5.69 Å². The molecule has 3 N–H and O–H groups in total. The first-order valence-electron chi connectivity index (χ1n) is 6.94. The largest absolute Gasteiger partial charge is 0.505 e. The number of hydrogen-bond acceptors (Lipinski definition) is 4. The third-order valence-corrected chi connectivity index (χ3v) is 3.01. The molecule has 1 amide bonds. The molecule has 0 aliphatic heterocycles. The molecule has 0 saturated heterocycles. The number of benzene rings is 1. The maximum Gasteiger partial charge on any atom is 0.259 e. The van der Waals surface area contributed by atoms with Crippen molar-refractivity contribution in [1.82, 2.24) is 10.3 Å². The fourth-order valence-corrected chi connectivity index (χ4v) is 1.89. The van der Waals surface area contributed by atoms with Crippen LogP contribution in [0.2, 0.25) is 0 Å². The average Bonchev–Trinajstić information content (AvgIpc) is 2.49. The fraction of sp³-hybridized carbons (Fsp3) is 0.250. The van der Waals surface area contributed by atoms with E-state index in [0.717, 1.165) is 25.1 Å². The van der Waals surface area contributed by atoms with Crippen molar-refractivity contribution < 1.29 is 9.90 Å². The first kappa shape index (κ1) is 15.0. The van der Waals surface area contributed by atoms with Crippen molar-refractivity contribution in [2.75, 3.05) is 11.9 Å². The second kappa shape index (κ2) is 7.40. The Morgan fingerprint density at radius 1 is 1.24 bits per heavy atom. The van der Waals surface area contributed by atoms with Gasteiger partial charge in [0.15, 0.2) is 0 Å². The van der Waals surface area contributed by atoms with E-state index >= 15 is 0 Å². The van der Waals surface area contributed by atoms with Crippen molar-refractivity contribution in [1.29, 1.82) is 0 Å². The fourth-order valence-electron chi connectivity index (χ4n) is 1.89. The van der Waals surface area contributed by atoms with Crippen LogP contribution in [0.5, 0.6) is 5.75 Å². The van der Waals surface area contributed by atoms with Crippen LogP contribution in [0.25, 0.3) is 0 Å². The van der Waals surface area contributed by atoms with Gasteiger partial charge >= 0.3 is 0 Å². The summed E-state index contributed by atoms with van der Waals surface area (Å²) in [7, 11) is 0. The molecular weight excluding hydrogens is 266 g/mol. The van der Waals surface area contributed by atoms with Gasteiger partial charge in [-0.1, -0.05) is 19.1 Å². The summed E-state index contributed by atoms with van der Waals surface area (Å²) in [6.45, 7) is 3.92. The molecule has 1 aromatic heterocycles. The number of pyridine rings is 1. The summed E-state index contributed by atoms with van der Waals surface area (Å²) >= 11 is 0. The highest BCUT2D eigenvalue weighted by atomic mass is 16.3. The SMILES string of the molecule is CCCNCc1ccc(NC(=O)c2ccncc2O)cc1. The molecule has 1 aromatic carbocycles. The van der Waals surface area contributed by atoms with Gasteiger partial charge in [-0.15, -0.1) is 0 Å². The lowest BCUT2D eigenvalue weighted by Crippen LogP contribution is -2.14. The summed E-state index contributed by atoms with van der Waals surface area (Å²) in [6, 6.07) is 9.10. The van der Waals surface area contributed by atoms with Gasteiger partial charge in [0.2, 0.25) is 0 Å². The normalized spacial score (nSPS) is 10.3. The molecule has 0 aliphatic rings. The van der Waals surface area contributed by atoms with Crippen molar-refractivity contribution in [3.8, 4) is 5.75 Å². The highest BCUT2D eigenvalue weighted by Crippen LogP contribution is 2.17. The first-order valence-corrected chi connectivity index (χ1v) is 6.94. The van der Waals surface area contributed by atoms with Crippen molar-refractivity contribution in [3.05, 3.63) is 53.9 Å². The molecule has 5 heteroatoms. The summed E-state index contributed by atoms with van der Waals surface area (Å²) in [5.74, 6) is -0.484. The Morgan fingerprint density at radius 2 is 2.00 bits per heavy atom. The molecule has 21 heavy (non-hydrogen) atoms. The number of carbonyl (C=O) groups excluding carboxylic acids is 1. The second-order valence-corrected chi connectivity index (χ2v) is 4.72. The molecule has 0 unspecified atom stereocenters. The van der Waals surface area contributed by atoms with Gasteiger partial charge in [-0.3, -0.25) is 9.78 Å². The van der Waals surface area contributed by atoms with E-state index in [-0.39, 0.29) is 17.2 Å². The molecule has 1 heterocycles. The Kier molecular flexibility index (Phi) is 5.29.